The Labute approximate surface area is 128 Å². The van der Waals surface area contributed by atoms with Gasteiger partial charge in [-0.2, -0.15) is 0 Å². The average molecular weight is 311 g/mol. The number of hydrogen-bond acceptors (Lipinski definition) is 5. The van der Waals surface area contributed by atoms with Crippen LogP contribution in [0.5, 0.6) is 0 Å². The Balaban J connectivity index is 1.72. The minimum Gasteiger partial charge on any atom is -0.306 e. The van der Waals surface area contributed by atoms with E-state index in [1.807, 2.05) is 11.4 Å². The van der Waals surface area contributed by atoms with Gasteiger partial charge in [0.05, 0.1) is 6.54 Å². The molecule has 0 atom stereocenters. The average Bonchev–Trinajstić information content (AvgIpc) is 2.88. The van der Waals surface area contributed by atoms with E-state index in [0.29, 0.717) is 11.2 Å². The summed E-state index contributed by atoms with van der Waals surface area (Å²) in [5.41, 5.74) is 0. The fourth-order valence-corrected chi connectivity index (χ4v) is 3.81. The SMILES string of the molecule is CN1CCC(N(C)Cc2nc(Cl)c3ccsc3n2)CC1. The molecule has 0 aliphatic carbocycles. The van der Waals surface area contributed by atoms with Crippen LogP contribution < -0.4 is 0 Å². The number of aromatic nitrogens is 2. The van der Waals surface area contributed by atoms with Crippen molar-refractivity contribution < 1.29 is 0 Å². The molecular formula is C14H19ClN4S. The minimum atomic E-state index is 0.572. The van der Waals surface area contributed by atoms with E-state index in [0.717, 1.165) is 22.6 Å². The highest BCUT2D eigenvalue weighted by molar-refractivity contribution is 7.16. The molecule has 1 fully saturated rings. The zero-order valence-electron chi connectivity index (χ0n) is 11.8. The van der Waals surface area contributed by atoms with Gasteiger partial charge in [0.1, 0.15) is 15.8 Å². The molecular weight excluding hydrogens is 292 g/mol. The Morgan fingerprint density at radius 2 is 2.15 bits per heavy atom. The van der Waals surface area contributed by atoms with E-state index >= 15 is 0 Å². The zero-order chi connectivity index (χ0) is 14.1. The molecule has 108 valence electrons. The summed E-state index contributed by atoms with van der Waals surface area (Å²) >= 11 is 7.84. The standard InChI is InChI=1S/C14H19ClN4S/c1-18-6-3-10(4-7-18)19(2)9-12-16-13(15)11-5-8-20-14(11)17-12/h5,8,10H,3-4,6-7,9H2,1-2H3. The van der Waals surface area contributed by atoms with Crippen LogP contribution in [0.25, 0.3) is 10.2 Å². The van der Waals surface area contributed by atoms with Crippen LogP contribution in [0.3, 0.4) is 0 Å². The number of rotatable bonds is 3. The topological polar surface area (TPSA) is 32.3 Å². The first-order valence-electron chi connectivity index (χ1n) is 6.92. The van der Waals surface area contributed by atoms with Crippen molar-refractivity contribution in [3.8, 4) is 0 Å². The Bertz CT molecular complexity index is 592. The monoisotopic (exact) mass is 310 g/mol. The van der Waals surface area contributed by atoms with Crippen molar-refractivity contribution in [3.63, 3.8) is 0 Å². The molecule has 0 spiro atoms. The largest absolute Gasteiger partial charge is 0.306 e. The highest BCUT2D eigenvalue weighted by Gasteiger charge is 2.21. The lowest BCUT2D eigenvalue weighted by Gasteiger charge is -2.34. The van der Waals surface area contributed by atoms with Gasteiger partial charge in [-0.05, 0) is 51.5 Å². The van der Waals surface area contributed by atoms with Crippen molar-refractivity contribution in [2.45, 2.75) is 25.4 Å². The van der Waals surface area contributed by atoms with Gasteiger partial charge in [0.2, 0.25) is 0 Å². The molecule has 3 rings (SSSR count). The maximum atomic E-state index is 6.22. The van der Waals surface area contributed by atoms with Crippen LogP contribution in [0.2, 0.25) is 5.15 Å². The first-order chi connectivity index (χ1) is 9.63. The molecule has 2 aromatic rings. The van der Waals surface area contributed by atoms with Crippen LogP contribution in [0.1, 0.15) is 18.7 Å². The Kier molecular flexibility index (Phi) is 4.21. The van der Waals surface area contributed by atoms with Crippen molar-refractivity contribution in [2.24, 2.45) is 0 Å². The zero-order valence-corrected chi connectivity index (χ0v) is 13.4. The number of thiophene rings is 1. The van der Waals surface area contributed by atoms with E-state index in [2.05, 4.69) is 33.9 Å². The van der Waals surface area contributed by atoms with E-state index in [1.165, 1.54) is 25.9 Å². The van der Waals surface area contributed by atoms with Crippen molar-refractivity contribution in [1.82, 2.24) is 19.8 Å². The Hall–Kier alpha value is -0.750. The summed E-state index contributed by atoms with van der Waals surface area (Å²) in [5, 5.41) is 3.54. The Morgan fingerprint density at radius 1 is 1.40 bits per heavy atom. The lowest BCUT2D eigenvalue weighted by Crippen LogP contribution is -2.41. The predicted octanol–water partition coefficient (Wildman–Crippen LogP) is 2.87. The lowest BCUT2D eigenvalue weighted by atomic mass is 10.0. The Morgan fingerprint density at radius 3 is 2.90 bits per heavy atom. The molecule has 20 heavy (non-hydrogen) atoms. The van der Waals surface area contributed by atoms with Gasteiger partial charge in [-0.3, -0.25) is 4.90 Å². The van der Waals surface area contributed by atoms with E-state index < -0.39 is 0 Å². The number of piperidine rings is 1. The molecule has 0 radical (unpaired) electrons. The van der Waals surface area contributed by atoms with Crippen molar-refractivity contribution >= 4 is 33.2 Å². The van der Waals surface area contributed by atoms with E-state index in [4.69, 9.17) is 11.6 Å². The summed E-state index contributed by atoms with van der Waals surface area (Å²) in [6.07, 6.45) is 2.42. The third-order valence-corrected chi connectivity index (χ3v) is 5.12. The van der Waals surface area contributed by atoms with Gasteiger partial charge in [-0.25, -0.2) is 9.97 Å². The second-order valence-electron chi connectivity index (χ2n) is 5.52. The third-order valence-electron chi connectivity index (χ3n) is 4.03. The van der Waals surface area contributed by atoms with Crippen LogP contribution in [-0.2, 0) is 6.54 Å². The van der Waals surface area contributed by atoms with Crippen molar-refractivity contribution in [3.05, 3.63) is 22.4 Å². The molecule has 6 heteroatoms. The normalized spacial score (nSPS) is 18.2. The van der Waals surface area contributed by atoms with Crippen molar-refractivity contribution in [2.75, 3.05) is 27.2 Å². The second kappa shape index (κ2) is 5.93. The molecule has 0 unspecified atom stereocenters. The van der Waals surface area contributed by atoms with Gasteiger partial charge in [-0.1, -0.05) is 11.6 Å². The molecule has 3 heterocycles. The van der Waals surface area contributed by atoms with Crippen LogP contribution in [0.15, 0.2) is 11.4 Å². The summed E-state index contributed by atoms with van der Waals surface area (Å²) in [6.45, 7) is 3.10. The van der Waals surface area contributed by atoms with Crippen LogP contribution in [-0.4, -0.2) is 53.0 Å². The smallest absolute Gasteiger partial charge is 0.145 e. The number of nitrogens with zero attached hydrogens (tertiary/aromatic N) is 4. The van der Waals surface area contributed by atoms with E-state index in [-0.39, 0.29) is 0 Å². The molecule has 1 aliphatic heterocycles. The van der Waals surface area contributed by atoms with Gasteiger partial charge in [0, 0.05) is 11.4 Å². The quantitative estimate of drug-likeness (QED) is 0.816. The first-order valence-corrected chi connectivity index (χ1v) is 8.17. The van der Waals surface area contributed by atoms with E-state index in [1.54, 1.807) is 11.3 Å². The molecule has 1 aliphatic rings. The summed E-state index contributed by atoms with van der Waals surface area (Å²) in [5.74, 6) is 0.825. The highest BCUT2D eigenvalue weighted by Crippen LogP contribution is 2.25. The summed E-state index contributed by atoms with van der Waals surface area (Å²) in [4.78, 5) is 14.8. The van der Waals surface area contributed by atoms with Gasteiger partial charge in [-0.15, -0.1) is 11.3 Å². The van der Waals surface area contributed by atoms with Crippen molar-refractivity contribution in [1.29, 1.82) is 0 Å². The number of likely N-dealkylation sites (tertiary alicyclic amines) is 1. The van der Waals surface area contributed by atoms with Gasteiger partial charge in [0.15, 0.2) is 0 Å². The summed E-state index contributed by atoms with van der Waals surface area (Å²) < 4.78 is 0. The molecule has 0 aromatic carbocycles. The maximum Gasteiger partial charge on any atom is 0.145 e. The highest BCUT2D eigenvalue weighted by atomic mass is 35.5. The minimum absolute atomic E-state index is 0.572. The van der Waals surface area contributed by atoms with Crippen LogP contribution in [0.4, 0.5) is 0 Å². The fourth-order valence-electron chi connectivity index (χ4n) is 2.72. The maximum absolute atomic E-state index is 6.22. The molecule has 2 aromatic heterocycles. The number of halogens is 1. The van der Waals surface area contributed by atoms with Crippen LogP contribution >= 0.6 is 22.9 Å². The molecule has 1 saturated heterocycles. The molecule has 0 N–H and O–H groups in total. The first kappa shape index (κ1) is 14.2. The number of fused-ring (bicyclic) bond motifs is 1. The summed E-state index contributed by atoms with van der Waals surface area (Å²) in [7, 11) is 4.34. The number of hydrogen-bond donors (Lipinski definition) is 0. The van der Waals surface area contributed by atoms with Crippen LogP contribution in [0, 0.1) is 0 Å². The van der Waals surface area contributed by atoms with Gasteiger partial charge < -0.3 is 4.90 Å². The fraction of sp³-hybridized carbons (Fsp3) is 0.571. The van der Waals surface area contributed by atoms with Gasteiger partial charge in [0.25, 0.3) is 0 Å². The molecule has 0 saturated carbocycles. The second-order valence-corrected chi connectivity index (χ2v) is 6.77. The lowest BCUT2D eigenvalue weighted by molar-refractivity contribution is 0.137. The molecule has 0 bridgehead atoms. The molecule has 4 nitrogen and oxygen atoms in total. The van der Waals surface area contributed by atoms with E-state index in [9.17, 15) is 0 Å². The predicted molar refractivity (Wildman–Crippen MR) is 84.4 cm³/mol. The third kappa shape index (κ3) is 2.96. The van der Waals surface area contributed by atoms with Gasteiger partial charge >= 0.3 is 0 Å². The molecule has 0 amide bonds. The summed E-state index contributed by atoms with van der Waals surface area (Å²) in [6, 6.07) is 2.60.